The van der Waals surface area contributed by atoms with E-state index in [9.17, 15) is 13.2 Å². The van der Waals surface area contributed by atoms with Gasteiger partial charge in [0, 0.05) is 44.0 Å². The van der Waals surface area contributed by atoms with E-state index in [2.05, 4.69) is 5.10 Å². The number of aromatic nitrogens is 2. The number of nitrogens with zero attached hydrogens (tertiary/aromatic N) is 4. The molecule has 0 bridgehead atoms. The molecule has 1 aliphatic rings. The van der Waals surface area contributed by atoms with Crippen molar-refractivity contribution in [1.29, 1.82) is 0 Å². The second-order valence-corrected chi connectivity index (χ2v) is 10.6. The molecular formula is C27H26N4O3S. The van der Waals surface area contributed by atoms with Crippen molar-refractivity contribution in [1.82, 2.24) is 19.0 Å². The largest absolute Gasteiger partial charge is 0.337 e. The van der Waals surface area contributed by atoms with Crippen LogP contribution in [0.1, 0.15) is 27.0 Å². The van der Waals surface area contributed by atoms with Gasteiger partial charge in [0.1, 0.15) is 0 Å². The molecule has 2 heterocycles. The first-order valence-electron chi connectivity index (χ1n) is 11.4. The molecule has 0 spiro atoms. The molecule has 1 aromatic heterocycles. The molecule has 1 aliphatic heterocycles. The summed E-state index contributed by atoms with van der Waals surface area (Å²) >= 11 is 0. The summed E-state index contributed by atoms with van der Waals surface area (Å²) in [5.41, 5.74) is 4.35. The van der Waals surface area contributed by atoms with Gasteiger partial charge in [-0.15, -0.1) is 0 Å². The molecule has 5 rings (SSSR count). The van der Waals surface area contributed by atoms with Crippen molar-refractivity contribution in [2.45, 2.75) is 24.4 Å². The minimum Gasteiger partial charge on any atom is -0.337 e. The third-order valence-electron chi connectivity index (χ3n) is 6.24. The summed E-state index contributed by atoms with van der Waals surface area (Å²) in [7, 11) is -2.02. The van der Waals surface area contributed by atoms with Crippen LogP contribution in [0.2, 0.25) is 0 Å². The Hall–Kier alpha value is -3.75. The molecule has 3 aromatic carbocycles. The Labute approximate surface area is 205 Å². The van der Waals surface area contributed by atoms with Crippen LogP contribution in [-0.2, 0) is 29.5 Å². The fourth-order valence-corrected chi connectivity index (χ4v) is 5.81. The van der Waals surface area contributed by atoms with Crippen LogP contribution in [0.4, 0.5) is 0 Å². The first-order valence-corrected chi connectivity index (χ1v) is 12.9. The summed E-state index contributed by atoms with van der Waals surface area (Å²) in [6.45, 7) is 1.11. The SMILES string of the molecule is CN(Cc1cnn(-c2ccccc2)c1)C(=O)c1cccc(S(=O)(=O)N2CCc3ccccc3C2)c1. The lowest BCUT2D eigenvalue weighted by Crippen LogP contribution is -2.36. The molecule has 8 heteroatoms. The maximum Gasteiger partial charge on any atom is 0.253 e. The predicted molar refractivity (Wildman–Crippen MR) is 134 cm³/mol. The van der Waals surface area contributed by atoms with Gasteiger partial charge in [0.05, 0.1) is 16.8 Å². The summed E-state index contributed by atoms with van der Waals surface area (Å²) in [5.74, 6) is -0.251. The first-order chi connectivity index (χ1) is 16.9. The number of fused-ring (bicyclic) bond motifs is 1. The zero-order valence-electron chi connectivity index (χ0n) is 19.4. The summed E-state index contributed by atoms with van der Waals surface area (Å²) in [4.78, 5) is 14.8. The van der Waals surface area contributed by atoms with Crippen molar-refractivity contribution in [2.75, 3.05) is 13.6 Å². The number of sulfonamides is 1. The van der Waals surface area contributed by atoms with E-state index in [1.807, 2.05) is 60.8 Å². The Morgan fingerprint density at radius 3 is 2.51 bits per heavy atom. The molecule has 0 aliphatic carbocycles. The summed E-state index contributed by atoms with van der Waals surface area (Å²) in [6.07, 6.45) is 4.29. The second kappa shape index (κ2) is 9.48. The smallest absolute Gasteiger partial charge is 0.253 e. The molecule has 0 unspecified atom stereocenters. The van der Waals surface area contributed by atoms with Gasteiger partial charge in [-0.25, -0.2) is 13.1 Å². The van der Waals surface area contributed by atoms with Crippen molar-refractivity contribution in [3.8, 4) is 5.69 Å². The van der Waals surface area contributed by atoms with Crippen molar-refractivity contribution >= 4 is 15.9 Å². The van der Waals surface area contributed by atoms with Gasteiger partial charge in [-0.3, -0.25) is 4.79 Å². The van der Waals surface area contributed by atoms with Gasteiger partial charge < -0.3 is 4.90 Å². The summed E-state index contributed by atoms with van der Waals surface area (Å²) in [5, 5.41) is 4.38. The lowest BCUT2D eigenvalue weighted by molar-refractivity contribution is 0.0785. The number of carbonyl (C=O) groups excluding carboxylic acids is 1. The highest BCUT2D eigenvalue weighted by molar-refractivity contribution is 7.89. The van der Waals surface area contributed by atoms with Crippen LogP contribution in [0, 0.1) is 0 Å². The highest BCUT2D eigenvalue weighted by Gasteiger charge is 2.29. The molecule has 1 amide bonds. The lowest BCUT2D eigenvalue weighted by Gasteiger charge is -2.28. The third kappa shape index (κ3) is 4.76. The zero-order valence-corrected chi connectivity index (χ0v) is 20.2. The molecule has 35 heavy (non-hydrogen) atoms. The molecule has 7 nitrogen and oxygen atoms in total. The number of hydrogen-bond acceptors (Lipinski definition) is 4. The molecule has 0 saturated heterocycles. The molecule has 4 aromatic rings. The molecule has 0 N–H and O–H groups in total. The highest BCUT2D eigenvalue weighted by atomic mass is 32.2. The fraction of sp³-hybridized carbons (Fsp3) is 0.185. The van der Waals surface area contributed by atoms with E-state index in [0.717, 1.165) is 16.8 Å². The molecule has 0 fully saturated rings. The van der Waals surface area contributed by atoms with Gasteiger partial charge in [0.15, 0.2) is 0 Å². The third-order valence-corrected chi connectivity index (χ3v) is 8.08. The van der Waals surface area contributed by atoms with Crippen LogP contribution in [0.25, 0.3) is 5.69 Å². The van der Waals surface area contributed by atoms with E-state index in [4.69, 9.17) is 0 Å². The highest BCUT2D eigenvalue weighted by Crippen LogP contribution is 2.25. The quantitative estimate of drug-likeness (QED) is 0.414. The monoisotopic (exact) mass is 486 g/mol. The van der Waals surface area contributed by atoms with E-state index in [0.29, 0.717) is 31.6 Å². The normalized spacial score (nSPS) is 13.9. The fourth-order valence-electron chi connectivity index (χ4n) is 4.34. The van der Waals surface area contributed by atoms with E-state index < -0.39 is 10.0 Å². The number of amides is 1. The van der Waals surface area contributed by atoms with Gasteiger partial charge in [-0.1, -0.05) is 48.5 Å². The van der Waals surface area contributed by atoms with Crippen LogP contribution in [0.5, 0.6) is 0 Å². The zero-order chi connectivity index (χ0) is 24.4. The average Bonchev–Trinajstić information content (AvgIpc) is 3.37. The number of rotatable bonds is 6. The van der Waals surface area contributed by atoms with Gasteiger partial charge in [0.2, 0.25) is 10.0 Å². The Morgan fingerprint density at radius 2 is 1.71 bits per heavy atom. The molecule has 178 valence electrons. The van der Waals surface area contributed by atoms with Crippen molar-refractivity contribution in [3.63, 3.8) is 0 Å². The molecule has 0 saturated carbocycles. The Balaban J connectivity index is 1.31. The number of carbonyl (C=O) groups is 1. The molecule has 0 atom stereocenters. The van der Waals surface area contributed by atoms with Gasteiger partial charge in [-0.05, 0) is 47.9 Å². The Kier molecular flexibility index (Phi) is 6.23. The van der Waals surface area contributed by atoms with E-state index in [1.165, 1.54) is 15.9 Å². The molecule has 0 radical (unpaired) electrons. The summed E-state index contributed by atoms with van der Waals surface area (Å²) < 4.78 is 30.0. The van der Waals surface area contributed by atoms with Crippen LogP contribution in [-0.4, -0.2) is 46.9 Å². The van der Waals surface area contributed by atoms with E-state index >= 15 is 0 Å². The van der Waals surface area contributed by atoms with Crippen molar-refractivity contribution in [3.05, 3.63) is 114 Å². The van der Waals surface area contributed by atoms with E-state index in [1.54, 1.807) is 41.0 Å². The first kappa shape index (κ1) is 23.0. The van der Waals surface area contributed by atoms with Crippen LogP contribution in [0.3, 0.4) is 0 Å². The minimum atomic E-state index is -3.72. The average molecular weight is 487 g/mol. The maximum absolute atomic E-state index is 13.4. The Morgan fingerprint density at radius 1 is 0.971 bits per heavy atom. The lowest BCUT2D eigenvalue weighted by atomic mass is 10.0. The van der Waals surface area contributed by atoms with Crippen molar-refractivity contribution < 1.29 is 13.2 Å². The van der Waals surface area contributed by atoms with Crippen molar-refractivity contribution in [2.24, 2.45) is 0 Å². The summed E-state index contributed by atoms with van der Waals surface area (Å²) in [6, 6.07) is 23.9. The van der Waals surface area contributed by atoms with Crippen LogP contribution >= 0.6 is 0 Å². The number of hydrogen-bond donors (Lipinski definition) is 0. The minimum absolute atomic E-state index is 0.132. The van der Waals surface area contributed by atoms with E-state index in [-0.39, 0.29) is 10.8 Å². The van der Waals surface area contributed by atoms with Gasteiger partial charge >= 0.3 is 0 Å². The Bertz CT molecular complexity index is 1460. The standard InChI is InChI=1S/C27H26N4O3S/c1-29(18-21-17-28-31(19-21)25-11-3-2-4-12-25)27(32)23-10-7-13-26(16-23)35(33,34)30-15-14-22-8-5-6-9-24(22)20-30/h2-13,16-17,19H,14-15,18,20H2,1H3. The molecular weight excluding hydrogens is 460 g/mol. The second-order valence-electron chi connectivity index (χ2n) is 8.68. The van der Waals surface area contributed by atoms with Gasteiger partial charge in [0.25, 0.3) is 5.91 Å². The van der Waals surface area contributed by atoms with Crippen LogP contribution < -0.4 is 0 Å². The maximum atomic E-state index is 13.4. The predicted octanol–water partition coefficient (Wildman–Crippen LogP) is 3.89. The van der Waals surface area contributed by atoms with Gasteiger partial charge in [-0.2, -0.15) is 9.40 Å². The number of para-hydroxylation sites is 1. The number of benzene rings is 3. The van der Waals surface area contributed by atoms with Crippen LogP contribution in [0.15, 0.2) is 96.2 Å². The topological polar surface area (TPSA) is 75.5 Å².